The monoisotopic (exact) mass is 645 g/mol. The van der Waals surface area contributed by atoms with Crippen LogP contribution in [0.5, 0.6) is 5.88 Å². The number of hydrogen-bond donors (Lipinski definition) is 0. The van der Waals surface area contributed by atoms with Crippen molar-refractivity contribution in [3.8, 4) is 5.88 Å². The van der Waals surface area contributed by atoms with E-state index in [2.05, 4.69) is 4.98 Å². The van der Waals surface area contributed by atoms with Gasteiger partial charge in [0.15, 0.2) is 18.4 Å². The van der Waals surface area contributed by atoms with Crippen LogP contribution in [0.25, 0.3) is 0 Å². The number of hydrogen-bond acceptors (Lipinski definition) is 12. The first-order chi connectivity index (χ1) is 23.5. The smallest absolute Gasteiger partial charge is 0.353 e. The van der Waals surface area contributed by atoms with Gasteiger partial charge in [-0.2, -0.15) is 4.98 Å². The molecule has 1 fully saturated rings. The zero-order chi connectivity index (χ0) is 35.1. The zero-order valence-electron chi connectivity index (χ0n) is 27.1. The first kappa shape index (κ1) is 29.9. The Balaban J connectivity index is 1.59. The van der Waals surface area contributed by atoms with Gasteiger partial charge >= 0.3 is 29.6 Å². The summed E-state index contributed by atoms with van der Waals surface area (Å²) in [5.74, 6) is -3.94. The van der Waals surface area contributed by atoms with Gasteiger partial charge in [-0.1, -0.05) is 54.6 Å². The van der Waals surface area contributed by atoms with Gasteiger partial charge in [-0.15, -0.1) is 0 Å². The molecule has 242 valence electrons. The maximum absolute atomic E-state index is 13.4. The van der Waals surface area contributed by atoms with Crippen LogP contribution in [0.3, 0.4) is 0 Å². The number of methoxy groups -OCH3 is 1. The highest BCUT2D eigenvalue weighted by atomic mass is 16.7. The van der Waals surface area contributed by atoms with Crippen LogP contribution < -0.4 is 10.4 Å². The van der Waals surface area contributed by atoms with Crippen LogP contribution >= 0.6 is 0 Å². The Morgan fingerprint density at radius 3 is 1.81 bits per heavy atom. The summed E-state index contributed by atoms with van der Waals surface area (Å²) in [7, 11) is 1.13. The van der Waals surface area contributed by atoms with Crippen molar-refractivity contribution in [1.29, 1.82) is 0 Å². The number of carbonyl (C=O) groups excluding carboxylic acids is 4. The van der Waals surface area contributed by atoms with Gasteiger partial charge in [0.25, 0.3) is 0 Å². The molecule has 1 saturated heterocycles. The number of aromatic nitrogens is 2. The molecule has 13 nitrogen and oxygen atoms in total. The Labute approximate surface area is 271 Å². The van der Waals surface area contributed by atoms with Crippen molar-refractivity contribution in [3.05, 3.63) is 130 Å². The SMILES string of the molecule is [2H][13C]([2H])(OC(C)=O)c1cn([C@@H]2O[C@H](COC(=O)c3ccccc3)[C@@H](OC(=O)c3ccccc3)[C@H]2OC(=O)c2ccccc2)c(=O)nc1OC. The Hall–Kier alpha value is -5.82. The summed E-state index contributed by atoms with van der Waals surface area (Å²) < 4.78 is 50.8. The summed E-state index contributed by atoms with van der Waals surface area (Å²) >= 11 is 0. The molecule has 1 aliphatic rings. The fourth-order valence-electron chi connectivity index (χ4n) is 4.67. The standard InChI is InChI=1S/C34H30N2O11/c1-21(37)43-19-25-18-36(34(41)35-29(25)42-2)30-28(47-33(40)24-16-10-5-11-17-24)27(46-32(39)23-14-8-4-9-15-23)26(45-30)20-44-31(38)22-12-6-3-7-13-22/h3-18,26-28,30H,19-20H2,1-2H3/t26-,27-,28-,30-/m1/s1/i19+1D2. The van der Waals surface area contributed by atoms with Crippen molar-refractivity contribution >= 4 is 23.9 Å². The van der Waals surface area contributed by atoms with Crippen LogP contribution in [-0.2, 0) is 35.0 Å². The molecule has 0 N–H and O–H groups in total. The summed E-state index contributed by atoms with van der Waals surface area (Å²) in [6.07, 6.45) is -5.13. The van der Waals surface area contributed by atoms with Gasteiger partial charge in [0, 0.05) is 13.1 Å². The lowest BCUT2D eigenvalue weighted by Gasteiger charge is -2.25. The molecule has 5 rings (SSSR count). The van der Waals surface area contributed by atoms with Crippen molar-refractivity contribution in [2.24, 2.45) is 0 Å². The third kappa shape index (κ3) is 7.89. The van der Waals surface area contributed by atoms with Gasteiger partial charge in [0.2, 0.25) is 5.88 Å². The first-order valence-electron chi connectivity index (χ1n) is 15.3. The molecule has 13 heteroatoms. The van der Waals surface area contributed by atoms with Gasteiger partial charge in [-0.05, 0) is 36.4 Å². The molecule has 0 unspecified atom stereocenters. The lowest BCUT2D eigenvalue weighted by atomic mass is 10.1. The quantitative estimate of drug-likeness (QED) is 0.133. The van der Waals surface area contributed by atoms with Crippen LogP contribution in [-0.4, -0.2) is 65.5 Å². The van der Waals surface area contributed by atoms with E-state index in [0.29, 0.717) is 0 Å². The maximum atomic E-state index is 13.4. The number of esters is 4. The first-order valence-corrected chi connectivity index (χ1v) is 14.3. The van der Waals surface area contributed by atoms with Crippen molar-refractivity contribution in [2.45, 2.75) is 38.0 Å². The molecule has 0 bridgehead atoms. The van der Waals surface area contributed by atoms with E-state index in [9.17, 15) is 24.0 Å². The fraction of sp³-hybridized carbons (Fsp3) is 0.235. The lowest BCUT2D eigenvalue weighted by molar-refractivity contribution is -0.142. The van der Waals surface area contributed by atoms with Crippen LogP contribution in [0.4, 0.5) is 0 Å². The molecule has 1 aliphatic heterocycles. The minimum absolute atomic E-state index is 0.112. The molecular weight excluding hydrogens is 613 g/mol. The predicted molar refractivity (Wildman–Crippen MR) is 162 cm³/mol. The van der Waals surface area contributed by atoms with Gasteiger partial charge in [0.1, 0.15) is 19.3 Å². The van der Waals surface area contributed by atoms with Gasteiger partial charge < -0.3 is 28.4 Å². The van der Waals surface area contributed by atoms with Gasteiger partial charge in [-0.3, -0.25) is 9.36 Å². The molecule has 0 saturated carbocycles. The predicted octanol–water partition coefficient (Wildman–Crippen LogP) is 3.52. The molecule has 0 spiro atoms. The molecule has 4 atom stereocenters. The third-order valence-corrected chi connectivity index (χ3v) is 6.87. The minimum atomic E-state index is -2.85. The molecule has 0 aliphatic carbocycles. The highest BCUT2D eigenvalue weighted by Gasteiger charge is 2.52. The summed E-state index contributed by atoms with van der Waals surface area (Å²) in [4.78, 5) is 68.6. The number of benzene rings is 3. The summed E-state index contributed by atoms with van der Waals surface area (Å²) in [5, 5.41) is 0. The van der Waals surface area contributed by atoms with Crippen LogP contribution in [0.1, 0.15) is 52.5 Å². The van der Waals surface area contributed by atoms with E-state index in [1.165, 1.54) is 36.4 Å². The molecule has 47 heavy (non-hydrogen) atoms. The highest BCUT2D eigenvalue weighted by Crippen LogP contribution is 2.35. The van der Waals surface area contributed by atoms with Gasteiger partial charge in [0.05, 0.1) is 32.1 Å². The van der Waals surface area contributed by atoms with Crippen molar-refractivity contribution in [2.75, 3.05) is 13.7 Å². The largest absolute Gasteiger partial charge is 0.481 e. The molecule has 1 aromatic heterocycles. The van der Waals surface area contributed by atoms with E-state index in [1.54, 1.807) is 54.6 Å². The number of nitrogens with zero attached hydrogens (tertiary/aromatic N) is 2. The zero-order valence-corrected chi connectivity index (χ0v) is 25.1. The Kier molecular flexibility index (Phi) is 9.52. The third-order valence-electron chi connectivity index (χ3n) is 6.87. The second kappa shape index (κ2) is 15.0. The van der Waals surface area contributed by atoms with Crippen molar-refractivity contribution in [3.63, 3.8) is 0 Å². The second-order valence-corrected chi connectivity index (χ2v) is 10.1. The highest BCUT2D eigenvalue weighted by molar-refractivity contribution is 5.91. The molecule has 4 aromatic rings. The van der Waals surface area contributed by atoms with E-state index in [-0.39, 0.29) is 16.7 Å². The van der Waals surface area contributed by atoms with Gasteiger partial charge in [-0.25, -0.2) is 19.2 Å². The second-order valence-electron chi connectivity index (χ2n) is 10.1. The summed E-state index contributed by atoms with van der Waals surface area (Å²) in [5.41, 5.74) is -1.08. The Bertz CT molecular complexity index is 1870. The molecule has 2 heterocycles. The molecule has 0 radical (unpaired) electrons. The maximum Gasteiger partial charge on any atom is 0.353 e. The Morgan fingerprint density at radius 1 is 0.787 bits per heavy atom. The topological polar surface area (TPSA) is 159 Å². The van der Waals surface area contributed by atoms with Crippen LogP contribution in [0, 0.1) is 0 Å². The summed E-state index contributed by atoms with van der Waals surface area (Å²) in [6, 6.07) is 23.8. The van der Waals surface area contributed by atoms with E-state index >= 15 is 0 Å². The molecule has 3 aromatic carbocycles. The number of rotatable bonds is 11. The number of ether oxygens (including phenoxy) is 6. The number of carbonyl (C=O) groups is 4. The lowest BCUT2D eigenvalue weighted by Crippen LogP contribution is -2.42. The van der Waals surface area contributed by atoms with E-state index in [0.717, 1.165) is 24.8 Å². The van der Waals surface area contributed by atoms with Crippen molar-refractivity contribution < 1.29 is 50.3 Å². The minimum Gasteiger partial charge on any atom is -0.481 e. The van der Waals surface area contributed by atoms with Crippen LogP contribution in [0.2, 0.25) is 0 Å². The molecular formula is C34H30N2O11. The molecule has 0 amide bonds. The summed E-state index contributed by atoms with van der Waals surface area (Å²) in [6.45, 7) is -2.39. The van der Waals surface area contributed by atoms with E-state index in [1.807, 2.05) is 0 Å². The van der Waals surface area contributed by atoms with E-state index in [4.69, 9.17) is 31.2 Å². The van der Waals surface area contributed by atoms with Crippen molar-refractivity contribution in [1.82, 2.24) is 9.55 Å². The normalized spacial score (nSPS) is 19.4. The Morgan fingerprint density at radius 2 is 1.30 bits per heavy atom. The van der Waals surface area contributed by atoms with E-state index < -0.39 is 78.7 Å². The fourth-order valence-corrected chi connectivity index (χ4v) is 4.67. The van der Waals surface area contributed by atoms with Crippen LogP contribution in [0.15, 0.2) is 102 Å². The average Bonchev–Trinajstić information content (AvgIpc) is 3.42. The average molecular weight is 646 g/mol.